The van der Waals surface area contributed by atoms with Crippen LogP contribution in [0, 0.1) is 0 Å². The highest BCUT2D eigenvalue weighted by Gasteiger charge is 2.05. The van der Waals surface area contributed by atoms with Crippen LogP contribution in [-0.2, 0) is 0 Å². The van der Waals surface area contributed by atoms with Crippen LogP contribution < -0.4 is 0 Å². The van der Waals surface area contributed by atoms with E-state index in [2.05, 4.69) is 19.9 Å². The van der Waals surface area contributed by atoms with Crippen molar-refractivity contribution in [1.82, 2.24) is 0 Å². The van der Waals surface area contributed by atoms with Gasteiger partial charge in [0, 0.05) is 0 Å². The van der Waals surface area contributed by atoms with E-state index in [0.29, 0.717) is 0 Å². The Kier molecular flexibility index (Phi) is 5.86. The highest BCUT2D eigenvalue weighted by atomic mass is 16.4. The normalized spacial score (nSPS) is 8.47. The first kappa shape index (κ1) is 13.2. The highest BCUT2D eigenvalue weighted by molar-refractivity contribution is 5.90. The summed E-state index contributed by atoms with van der Waals surface area (Å²) in [5.41, 5.74) is 1.31. The van der Waals surface area contributed by atoms with Crippen molar-refractivity contribution in [2.75, 3.05) is 0 Å². The molecule has 2 N–H and O–H groups in total. The molecule has 0 unspecified atom stereocenters. The van der Waals surface area contributed by atoms with E-state index in [1.807, 2.05) is 6.92 Å². The highest BCUT2D eigenvalue weighted by Crippen LogP contribution is 2.14. The lowest BCUT2D eigenvalue weighted by molar-refractivity contribution is 0.0694. The number of benzene rings is 1. The summed E-state index contributed by atoms with van der Waals surface area (Å²) in [6.45, 7) is 6.20. The molecule has 1 aromatic carbocycles. The Bertz CT molecular complexity index is 350. The van der Waals surface area contributed by atoms with Gasteiger partial charge >= 0.3 is 5.97 Å². The number of rotatable bonds is 1. The number of carboxylic acids is 1. The summed E-state index contributed by atoms with van der Waals surface area (Å²) in [4.78, 5) is 10.3. The molecule has 0 aromatic heterocycles. The Balaban J connectivity index is 0.000000336. The summed E-state index contributed by atoms with van der Waals surface area (Å²) in [7, 11) is 0. The number of carboxylic acid groups (broad SMARTS) is 1. The summed E-state index contributed by atoms with van der Waals surface area (Å²) in [5, 5.41) is 17.3. The molecule has 0 fully saturated rings. The van der Waals surface area contributed by atoms with E-state index in [1.165, 1.54) is 17.7 Å². The molecule has 15 heavy (non-hydrogen) atoms. The summed E-state index contributed by atoms with van der Waals surface area (Å²) >= 11 is 0. The summed E-state index contributed by atoms with van der Waals surface area (Å²) in [6.07, 6.45) is 2.08. The van der Waals surface area contributed by atoms with Crippen LogP contribution in [0.25, 0.3) is 0 Å². The Labute approximate surface area is 89.7 Å². The molecule has 3 nitrogen and oxygen atoms in total. The van der Waals surface area contributed by atoms with Crippen molar-refractivity contribution in [2.45, 2.75) is 20.8 Å². The molecule has 0 amide bonds. The van der Waals surface area contributed by atoms with Crippen LogP contribution in [0.15, 0.2) is 35.9 Å². The van der Waals surface area contributed by atoms with Crippen molar-refractivity contribution < 1.29 is 15.0 Å². The van der Waals surface area contributed by atoms with Gasteiger partial charge in [-0.25, -0.2) is 4.79 Å². The van der Waals surface area contributed by atoms with E-state index in [1.54, 1.807) is 12.1 Å². The predicted octanol–water partition coefficient (Wildman–Crippen LogP) is 3.06. The van der Waals surface area contributed by atoms with E-state index >= 15 is 0 Å². The maximum atomic E-state index is 10.3. The summed E-state index contributed by atoms with van der Waals surface area (Å²) < 4.78 is 0. The van der Waals surface area contributed by atoms with Gasteiger partial charge in [0.1, 0.15) is 11.3 Å². The zero-order valence-corrected chi connectivity index (χ0v) is 9.19. The Hall–Kier alpha value is -1.77. The zero-order valence-electron chi connectivity index (χ0n) is 9.19. The molecule has 0 aliphatic carbocycles. The zero-order chi connectivity index (χ0) is 11.8. The minimum atomic E-state index is -1.11. The molecule has 0 bridgehead atoms. The second kappa shape index (κ2) is 6.65. The fourth-order valence-electron chi connectivity index (χ4n) is 0.654. The first-order chi connectivity index (χ1) is 6.99. The molecule has 82 valence electrons. The number of hydrogen-bond acceptors (Lipinski definition) is 2. The predicted molar refractivity (Wildman–Crippen MR) is 60.2 cm³/mol. The monoisotopic (exact) mass is 208 g/mol. The third-order valence-corrected chi connectivity index (χ3v) is 1.71. The first-order valence-corrected chi connectivity index (χ1v) is 4.59. The van der Waals surface area contributed by atoms with E-state index in [4.69, 9.17) is 10.2 Å². The number of aromatic carboxylic acids is 1. The molecule has 0 heterocycles. The first-order valence-electron chi connectivity index (χ1n) is 4.59. The maximum absolute atomic E-state index is 10.3. The lowest BCUT2D eigenvalue weighted by Gasteiger charge is -1.95. The number of phenols is 1. The van der Waals surface area contributed by atoms with Gasteiger partial charge in [-0.3, -0.25) is 0 Å². The quantitative estimate of drug-likeness (QED) is 0.697. The maximum Gasteiger partial charge on any atom is 0.339 e. The number of aromatic hydroxyl groups is 1. The number of allylic oxidation sites excluding steroid dienone is 2. The Morgan fingerprint density at radius 3 is 2.00 bits per heavy atom. The molecular formula is C12H16O3. The molecule has 0 aliphatic heterocycles. The molecule has 1 rings (SSSR count). The van der Waals surface area contributed by atoms with Crippen molar-refractivity contribution >= 4 is 5.97 Å². The van der Waals surface area contributed by atoms with Gasteiger partial charge in [-0.05, 0) is 32.9 Å². The van der Waals surface area contributed by atoms with E-state index in [0.717, 1.165) is 0 Å². The minimum absolute atomic E-state index is 0.0671. The van der Waals surface area contributed by atoms with Gasteiger partial charge < -0.3 is 10.2 Å². The van der Waals surface area contributed by atoms with Crippen LogP contribution in [0.2, 0.25) is 0 Å². The van der Waals surface area contributed by atoms with Gasteiger partial charge in [0.05, 0.1) is 0 Å². The lowest BCUT2D eigenvalue weighted by Crippen LogP contribution is -1.95. The fraction of sp³-hybridized carbons (Fsp3) is 0.250. The third kappa shape index (κ3) is 5.52. The van der Waals surface area contributed by atoms with Gasteiger partial charge in [0.25, 0.3) is 0 Å². The number of carbonyl (C=O) groups is 1. The van der Waals surface area contributed by atoms with Crippen molar-refractivity contribution in [2.24, 2.45) is 0 Å². The molecule has 0 saturated carbocycles. The molecular weight excluding hydrogens is 192 g/mol. The molecule has 1 aromatic rings. The van der Waals surface area contributed by atoms with Gasteiger partial charge in [-0.15, -0.1) is 0 Å². The Morgan fingerprint density at radius 1 is 1.27 bits per heavy atom. The SMILES string of the molecule is CC=C(C)C.O=C(O)c1ccccc1O. The van der Waals surface area contributed by atoms with Gasteiger partial charge in [-0.1, -0.05) is 23.8 Å². The molecule has 0 spiro atoms. The molecule has 0 aliphatic rings. The molecule has 0 saturated heterocycles. The lowest BCUT2D eigenvalue weighted by atomic mass is 10.2. The van der Waals surface area contributed by atoms with Crippen LogP contribution in [0.1, 0.15) is 31.1 Å². The van der Waals surface area contributed by atoms with E-state index in [-0.39, 0.29) is 11.3 Å². The van der Waals surface area contributed by atoms with Crippen molar-refractivity contribution in [3.8, 4) is 5.75 Å². The topological polar surface area (TPSA) is 57.5 Å². The summed E-state index contributed by atoms with van der Waals surface area (Å²) in [6, 6.07) is 5.81. The second-order valence-corrected chi connectivity index (χ2v) is 3.19. The smallest absolute Gasteiger partial charge is 0.339 e. The van der Waals surface area contributed by atoms with Gasteiger partial charge in [0.2, 0.25) is 0 Å². The van der Waals surface area contributed by atoms with Crippen molar-refractivity contribution in [3.63, 3.8) is 0 Å². The van der Waals surface area contributed by atoms with E-state index < -0.39 is 5.97 Å². The molecule has 0 atom stereocenters. The van der Waals surface area contributed by atoms with Crippen LogP contribution >= 0.6 is 0 Å². The van der Waals surface area contributed by atoms with Crippen LogP contribution in [-0.4, -0.2) is 16.2 Å². The average Bonchev–Trinajstić information content (AvgIpc) is 2.19. The van der Waals surface area contributed by atoms with Crippen LogP contribution in [0.5, 0.6) is 5.75 Å². The van der Waals surface area contributed by atoms with Crippen molar-refractivity contribution in [3.05, 3.63) is 41.5 Å². The molecule has 3 heteroatoms. The number of para-hydroxylation sites is 1. The largest absolute Gasteiger partial charge is 0.507 e. The van der Waals surface area contributed by atoms with Crippen molar-refractivity contribution in [1.29, 1.82) is 0 Å². The van der Waals surface area contributed by atoms with E-state index in [9.17, 15) is 4.79 Å². The fourth-order valence-corrected chi connectivity index (χ4v) is 0.654. The summed E-state index contributed by atoms with van der Waals surface area (Å²) in [5.74, 6) is -1.31. The molecule has 0 radical (unpaired) electrons. The average molecular weight is 208 g/mol. The third-order valence-electron chi connectivity index (χ3n) is 1.71. The van der Waals surface area contributed by atoms with Crippen LogP contribution in [0.4, 0.5) is 0 Å². The second-order valence-electron chi connectivity index (χ2n) is 3.19. The van der Waals surface area contributed by atoms with Gasteiger partial charge in [0.15, 0.2) is 0 Å². The minimum Gasteiger partial charge on any atom is -0.507 e. The van der Waals surface area contributed by atoms with Crippen LogP contribution in [0.3, 0.4) is 0 Å². The van der Waals surface area contributed by atoms with Gasteiger partial charge in [-0.2, -0.15) is 0 Å². The number of hydrogen-bond donors (Lipinski definition) is 2. The standard InChI is InChI=1S/C7H6O3.C5H10/c8-6-4-2-1-3-5(6)7(9)10;1-4-5(2)3/h1-4,8H,(H,9,10);4H,1-3H3. The Morgan fingerprint density at radius 2 is 1.73 bits per heavy atom.